The Labute approximate surface area is 216 Å². The van der Waals surface area contributed by atoms with E-state index in [1.807, 2.05) is 41.3 Å². The third-order valence-electron chi connectivity index (χ3n) is 7.47. The first-order valence-corrected chi connectivity index (χ1v) is 13.9. The quantitative estimate of drug-likeness (QED) is 0.554. The number of hydrogen-bond donors (Lipinski definition) is 0. The Hall–Kier alpha value is -2.89. The highest BCUT2D eigenvalue weighted by Gasteiger charge is 2.35. The molecule has 6 nitrogen and oxygen atoms in total. The molecule has 4 rings (SSSR count). The number of hydrogen-bond acceptors (Lipinski definition) is 4. The molecule has 1 aromatic carbocycles. The molecule has 2 heterocycles. The lowest BCUT2D eigenvalue weighted by Gasteiger charge is -2.40. The van der Waals surface area contributed by atoms with Gasteiger partial charge in [-0.15, -0.1) is 0 Å². The molecule has 36 heavy (non-hydrogen) atoms. The van der Waals surface area contributed by atoms with E-state index in [4.69, 9.17) is 4.74 Å². The molecule has 194 valence electrons. The lowest BCUT2D eigenvalue weighted by molar-refractivity contribution is -0.136. The van der Waals surface area contributed by atoms with E-state index in [1.54, 1.807) is 12.4 Å². The van der Waals surface area contributed by atoms with Crippen molar-refractivity contribution >= 4 is 11.8 Å². The van der Waals surface area contributed by atoms with Crippen molar-refractivity contribution in [3.63, 3.8) is 0 Å². The van der Waals surface area contributed by atoms with Gasteiger partial charge in [-0.3, -0.25) is 14.6 Å². The Morgan fingerprint density at radius 1 is 0.972 bits per heavy atom. The zero-order valence-corrected chi connectivity index (χ0v) is 21.7. The Bertz CT molecular complexity index is 980. The summed E-state index contributed by atoms with van der Waals surface area (Å²) in [5.41, 5.74) is 1.58. The van der Waals surface area contributed by atoms with Crippen molar-refractivity contribution in [3.05, 3.63) is 59.9 Å². The van der Waals surface area contributed by atoms with Crippen LogP contribution >= 0.6 is 0 Å². The number of aromatic nitrogens is 1. The lowest BCUT2D eigenvalue weighted by atomic mass is 9.90. The molecule has 0 spiro atoms. The summed E-state index contributed by atoms with van der Waals surface area (Å²) in [7, 11) is 0. The molecule has 0 N–H and O–H groups in total. The summed E-state index contributed by atoms with van der Waals surface area (Å²) in [4.78, 5) is 35.5. The Balaban J connectivity index is 1.62. The van der Waals surface area contributed by atoms with Gasteiger partial charge in [0.05, 0.1) is 18.0 Å². The van der Waals surface area contributed by atoms with Crippen LogP contribution in [0, 0.1) is 0 Å². The Morgan fingerprint density at radius 2 is 1.75 bits per heavy atom. The standard InChI is InChI=1S/C30H41N3O3/c1-2-19-32-20-10-4-3-5-11-21-33(29(34)22-24-13-12-18-31-23-24)26-15-7-9-17-28(26)36-27-16-8-6-14-25(27)30(32)35/h6,8,12-14,16,18,23,26,28H,2-5,7,9-11,15,17,19-22H2,1H3/t26-,28+/m1/s1. The highest BCUT2D eigenvalue weighted by Crippen LogP contribution is 2.31. The van der Waals surface area contributed by atoms with Crippen LogP contribution in [0.1, 0.15) is 87.1 Å². The predicted octanol–water partition coefficient (Wildman–Crippen LogP) is 5.66. The first kappa shape index (κ1) is 26.2. The summed E-state index contributed by atoms with van der Waals surface area (Å²) >= 11 is 0. The molecule has 1 aliphatic carbocycles. The molecular formula is C30H41N3O3. The van der Waals surface area contributed by atoms with Gasteiger partial charge in [-0.1, -0.05) is 50.8 Å². The fourth-order valence-corrected chi connectivity index (χ4v) is 5.61. The fraction of sp³-hybridized carbons (Fsp3) is 0.567. The maximum atomic E-state index is 13.6. The molecule has 0 unspecified atom stereocenters. The summed E-state index contributed by atoms with van der Waals surface area (Å²) in [6.07, 6.45) is 14.0. The van der Waals surface area contributed by atoms with Crippen molar-refractivity contribution in [2.24, 2.45) is 0 Å². The largest absolute Gasteiger partial charge is 0.487 e. The van der Waals surface area contributed by atoms with E-state index in [0.29, 0.717) is 17.7 Å². The van der Waals surface area contributed by atoms with Gasteiger partial charge in [-0.25, -0.2) is 0 Å². The zero-order valence-electron chi connectivity index (χ0n) is 21.7. The number of rotatable bonds is 4. The third-order valence-corrected chi connectivity index (χ3v) is 7.47. The first-order chi connectivity index (χ1) is 17.7. The summed E-state index contributed by atoms with van der Waals surface area (Å²) in [5, 5.41) is 0. The van der Waals surface area contributed by atoms with Crippen molar-refractivity contribution in [1.82, 2.24) is 14.8 Å². The average molecular weight is 492 g/mol. The first-order valence-electron chi connectivity index (χ1n) is 13.9. The van der Waals surface area contributed by atoms with Gasteiger partial charge in [0.1, 0.15) is 11.9 Å². The summed E-state index contributed by atoms with van der Waals surface area (Å²) in [6, 6.07) is 11.5. The van der Waals surface area contributed by atoms with Crippen LogP contribution in [0.15, 0.2) is 48.8 Å². The van der Waals surface area contributed by atoms with Gasteiger partial charge in [0, 0.05) is 32.0 Å². The normalized spacial score (nSPS) is 22.0. The van der Waals surface area contributed by atoms with Crippen LogP contribution < -0.4 is 4.74 Å². The van der Waals surface area contributed by atoms with E-state index in [0.717, 1.165) is 89.4 Å². The van der Waals surface area contributed by atoms with Crippen LogP contribution in [0.5, 0.6) is 5.75 Å². The van der Waals surface area contributed by atoms with Gasteiger partial charge in [0.15, 0.2) is 0 Å². The number of fused-ring (bicyclic) bond motifs is 2. The molecule has 0 saturated heterocycles. The highest BCUT2D eigenvalue weighted by atomic mass is 16.5. The van der Waals surface area contributed by atoms with Crippen LogP contribution in [0.25, 0.3) is 0 Å². The minimum absolute atomic E-state index is 0.0166. The molecule has 0 radical (unpaired) electrons. The van der Waals surface area contributed by atoms with Crippen molar-refractivity contribution in [3.8, 4) is 5.75 Å². The molecular weight excluding hydrogens is 450 g/mol. The predicted molar refractivity (Wildman–Crippen MR) is 142 cm³/mol. The topological polar surface area (TPSA) is 62.7 Å². The molecule has 1 fully saturated rings. The molecule has 6 heteroatoms. The van der Waals surface area contributed by atoms with Crippen molar-refractivity contribution in [1.29, 1.82) is 0 Å². The summed E-state index contributed by atoms with van der Waals surface area (Å²) < 4.78 is 6.65. The van der Waals surface area contributed by atoms with E-state index in [9.17, 15) is 9.59 Å². The number of pyridine rings is 1. The average Bonchev–Trinajstić information content (AvgIpc) is 2.90. The van der Waals surface area contributed by atoms with Gasteiger partial charge in [0.25, 0.3) is 5.91 Å². The number of nitrogens with zero attached hydrogens (tertiary/aromatic N) is 3. The molecule has 2 amide bonds. The van der Waals surface area contributed by atoms with Crippen molar-refractivity contribution in [2.75, 3.05) is 19.6 Å². The smallest absolute Gasteiger partial charge is 0.257 e. The van der Waals surface area contributed by atoms with Crippen molar-refractivity contribution < 1.29 is 14.3 Å². The van der Waals surface area contributed by atoms with Crippen LogP contribution in [0.3, 0.4) is 0 Å². The molecule has 2 aromatic rings. The van der Waals surface area contributed by atoms with Gasteiger partial charge in [-0.05, 0) is 62.3 Å². The van der Waals surface area contributed by atoms with E-state index in [-0.39, 0.29) is 24.0 Å². The van der Waals surface area contributed by atoms with Crippen molar-refractivity contribution in [2.45, 2.75) is 89.7 Å². The second-order valence-electron chi connectivity index (χ2n) is 10.2. The Morgan fingerprint density at radius 3 is 2.56 bits per heavy atom. The third kappa shape index (κ3) is 6.86. The molecule has 1 aliphatic heterocycles. The SMILES string of the molecule is CCCN1CCCCCCCN(C(=O)Cc2cccnc2)[C@@H]2CCCC[C@@H]2Oc2ccccc2C1=O. The maximum Gasteiger partial charge on any atom is 0.257 e. The van der Waals surface area contributed by atoms with Crippen LogP contribution in [-0.4, -0.2) is 58.4 Å². The van der Waals surface area contributed by atoms with E-state index >= 15 is 0 Å². The van der Waals surface area contributed by atoms with Gasteiger partial charge < -0.3 is 14.5 Å². The van der Waals surface area contributed by atoms with Crippen LogP contribution in [0.2, 0.25) is 0 Å². The Kier molecular flexibility index (Phi) is 9.76. The molecule has 0 bridgehead atoms. The summed E-state index contributed by atoms with van der Waals surface area (Å²) in [6.45, 7) is 4.42. The minimum atomic E-state index is -0.115. The number of carbonyl (C=O) groups excluding carboxylic acids is 2. The lowest BCUT2D eigenvalue weighted by Crippen LogP contribution is -2.51. The number of benzene rings is 1. The second-order valence-corrected chi connectivity index (χ2v) is 10.2. The number of para-hydroxylation sites is 1. The van der Waals surface area contributed by atoms with Crippen LogP contribution in [-0.2, 0) is 11.2 Å². The highest BCUT2D eigenvalue weighted by molar-refractivity contribution is 5.97. The molecule has 1 aromatic heterocycles. The number of ether oxygens (including phenoxy) is 1. The van der Waals surface area contributed by atoms with Gasteiger partial charge in [0.2, 0.25) is 5.91 Å². The van der Waals surface area contributed by atoms with Gasteiger partial charge in [-0.2, -0.15) is 0 Å². The van der Waals surface area contributed by atoms with E-state index < -0.39 is 0 Å². The summed E-state index contributed by atoms with van der Waals surface area (Å²) in [5.74, 6) is 0.848. The maximum absolute atomic E-state index is 13.6. The molecule has 1 saturated carbocycles. The fourth-order valence-electron chi connectivity index (χ4n) is 5.61. The van der Waals surface area contributed by atoms with E-state index in [1.165, 1.54) is 0 Å². The van der Waals surface area contributed by atoms with Gasteiger partial charge >= 0.3 is 0 Å². The molecule has 2 atom stereocenters. The number of amides is 2. The van der Waals surface area contributed by atoms with E-state index in [2.05, 4.69) is 16.8 Å². The number of carbonyl (C=O) groups is 2. The monoisotopic (exact) mass is 491 g/mol. The molecule has 2 aliphatic rings. The minimum Gasteiger partial charge on any atom is -0.487 e. The van der Waals surface area contributed by atoms with Crippen LogP contribution in [0.4, 0.5) is 0 Å². The zero-order chi connectivity index (χ0) is 25.2. The second kappa shape index (κ2) is 13.4.